The number of hydrogen-bond acceptors (Lipinski definition) is 3. The molecule has 0 radical (unpaired) electrons. The number of aryl methyl sites for hydroxylation is 4. The molecule has 32 heavy (non-hydrogen) atoms. The maximum absolute atomic E-state index is 12.7. The van der Waals surface area contributed by atoms with Gasteiger partial charge in [0.2, 0.25) is 0 Å². The summed E-state index contributed by atoms with van der Waals surface area (Å²) in [6, 6.07) is 4.07. The quantitative estimate of drug-likeness (QED) is 0.285. The summed E-state index contributed by atoms with van der Waals surface area (Å²) < 4.78 is 0. The van der Waals surface area contributed by atoms with Gasteiger partial charge in [0.05, 0.1) is 0 Å². The van der Waals surface area contributed by atoms with Crippen molar-refractivity contribution in [2.45, 2.75) is 98.3 Å². The van der Waals surface area contributed by atoms with E-state index in [0.717, 1.165) is 41.0 Å². The van der Waals surface area contributed by atoms with Gasteiger partial charge in [-0.3, -0.25) is 14.8 Å². The van der Waals surface area contributed by atoms with Gasteiger partial charge in [-0.15, -0.1) is 0 Å². The monoisotopic (exact) mass is 434 g/mol. The number of hydrogen-bond donors (Lipinski definition) is 0. The third-order valence-electron chi connectivity index (χ3n) is 7.83. The third-order valence-corrected chi connectivity index (χ3v) is 7.83. The van der Waals surface area contributed by atoms with E-state index in [4.69, 9.17) is 0 Å². The normalized spacial score (nSPS) is 20.0. The molecule has 1 aliphatic rings. The Bertz CT molecular complexity index is 855. The maximum atomic E-state index is 12.7. The van der Waals surface area contributed by atoms with Gasteiger partial charge in [0.25, 0.3) is 0 Å². The lowest BCUT2D eigenvalue weighted by molar-refractivity contribution is 0.0974. The standard InChI is InChI=1S/C29H42N2O/c1-21(8-5-13-28(32)29-23(3)17-19-31-24(29)4)26-11-6-9-25(14-15-26)10-7-12-27-20-30-18-16-22(27)2/h16-21,25-26H,5-15H2,1-4H3. The molecule has 174 valence electrons. The van der Waals surface area contributed by atoms with Crippen LogP contribution in [0.15, 0.2) is 30.7 Å². The molecule has 3 atom stereocenters. The lowest BCUT2D eigenvalue weighted by atomic mass is 9.83. The first-order valence-electron chi connectivity index (χ1n) is 12.8. The average molecular weight is 435 g/mol. The molecular weight excluding hydrogens is 392 g/mol. The molecule has 3 nitrogen and oxygen atoms in total. The molecular formula is C29H42N2O. The van der Waals surface area contributed by atoms with Crippen LogP contribution in [0.3, 0.4) is 0 Å². The Morgan fingerprint density at radius 3 is 2.62 bits per heavy atom. The molecule has 0 aliphatic heterocycles. The van der Waals surface area contributed by atoms with E-state index >= 15 is 0 Å². The first-order valence-corrected chi connectivity index (χ1v) is 12.8. The number of ketones is 1. The number of carbonyl (C=O) groups is 1. The van der Waals surface area contributed by atoms with E-state index in [1.54, 1.807) is 6.20 Å². The van der Waals surface area contributed by atoms with Gasteiger partial charge < -0.3 is 0 Å². The molecule has 3 unspecified atom stereocenters. The summed E-state index contributed by atoms with van der Waals surface area (Å²) in [6.45, 7) is 8.58. The van der Waals surface area contributed by atoms with Crippen LogP contribution in [0.25, 0.3) is 0 Å². The Kier molecular flexibility index (Phi) is 9.44. The Labute approximate surface area is 195 Å². The highest BCUT2D eigenvalue weighted by atomic mass is 16.1. The third kappa shape index (κ3) is 6.98. The SMILES string of the molecule is Cc1ccncc1CCCC1CCCC(C(C)CCCC(=O)c2c(C)ccnc2C)CC1. The van der Waals surface area contributed by atoms with Crippen molar-refractivity contribution in [1.29, 1.82) is 0 Å². The van der Waals surface area contributed by atoms with Gasteiger partial charge in [-0.25, -0.2) is 0 Å². The lowest BCUT2D eigenvalue weighted by Crippen LogP contribution is -2.12. The zero-order valence-electron chi connectivity index (χ0n) is 20.7. The summed E-state index contributed by atoms with van der Waals surface area (Å²) in [7, 11) is 0. The van der Waals surface area contributed by atoms with Gasteiger partial charge in [0.15, 0.2) is 5.78 Å². The molecule has 1 saturated carbocycles. The van der Waals surface area contributed by atoms with Crippen LogP contribution in [0.1, 0.15) is 104 Å². The van der Waals surface area contributed by atoms with Gasteiger partial charge >= 0.3 is 0 Å². The fraction of sp³-hybridized carbons (Fsp3) is 0.621. The van der Waals surface area contributed by atoms with Crippen LogP contribution >= 0.6 is 0 Å². The number of carbonyl (C=O) groups excluding carboxylic acids is 1. The van der Waals surface area contributed by atoms with Gasteiger partial charge in [-0.2, -0.15) is 0 Å². The van der Waals surface area contributed by atoms with E-state index in [1.165, 1.54) is 68.9 Å². The van der Waals surface area contributed by atoms with Crippen molar-refractivity contribution in [3.63, 3.8) is 0 Å². The van der Waals surface area contributed by atoms with Crippen LogP contribution in [-0.2, 0) is 6.42 Å². The zero-order chi connectivity index (χ0) is 22.9. The number of Topliss-reactive ketones (excluding diaryl/α,β-unsaturated/α-hetero) is 1. The molecule has 1 fully saturated rings. The first kappa shape index (κ1) is 24.6. The molecule has 3 heteroatoms. The molecule has 2 heterocycles. The minimum atomic E-state index is 0.269. The van der Waals surface area contributed by atoms with E-state index in [-0.39, 0.29) is 5.78 Å². The first-order chi connectivity index (χ1) is 15.5. The van der Waals surface area contributed by atoms with Crippen LogP contribution < -0.4 is 0 Å². The number of nitrogens with zero attached hydrogens (tertiary/aromatic N) is 2. The molecule has 0 aromatic carbocycles. The highest BCUT2D eigenvalue weighted by Crippen LogP contribution is 2.35. The molecule has 0 saturated heterocycles. The van der Waals surface area contributed by atoms with Crippen molar-refractivity contribution in [3.05, 3.63) is 58.7 Å². The minimum Gasteiger partial charge on any atom is -0.294 e. The van der Waals surface area contributed by atoms with E-state index in [9.17, 15) is 4.79 Å². The van der Waals surface area contributed by atoms with Gasteiger partial charge in [-0.1, -0.05) is 45.4 Å². The van der Waals surface area contributed by atoms with Crippen molar-refractivity contribution >= 4 is 5.78 Å². The maximum Gasteiger partial charge on any atom is 0.164 e. The largest absolute Gasteiger partial charge is 0.294 e. The summed E-state index contributed by atoms with van der Waals surface area (Å²) >= 11 is 0. The topological polar surface area (TPSA) is 42.9 Å². The summed E-state index contributed by atoms with van der Waals surface area (Å²) in [5.74, 6) is 2.71. The smallest absolute Gasteiger partial charge is 0.164 e. The Hall–Kier alpha value is -2.03. The number of pyridine rings is 2. The van der Waals surface area contributed by atoms with Crippen LogP contribution in [0.2, 0.25) is 0 Å². The van der Waals surface area contributed by atoms with E-state index in [1.807, 2.05) is 32.3 Å². The summed E-state index contributed by atoms with van der Waals surface area (Å²) in [5, 5.41) is 0. The summed E-state index contributed by atoms with van der Waals surface area (Å²) in [4.78, 5) is 21.3. The van der Waals surface area contributed by atoms with Gasteiger partial charge in [-0.05, 0) is 93.0 Å². The van der Waals surface area contributed by atoms with Crippen molar-refractivity contribution in [2.75, 3.05) is 0 Å². The van der Waals surface area contributed by atoms with E-state index in [2.05, 4.69) is 29.9 Å². The molecule has 2 aromatic rings. The van der Waals surface area contributed by atoms with Crippen LogP contribution in [0.5, 0.6) is 0 Å². The molecule has 0 amide bonds. The summed E-state index contributed by atoms with van der Waals surface area (Å²) in [6.07, 6.45) is 19.2. The fourth-order valence-electron chi connectivity index (χ4n) is 5.67. The Morgan fingerprint density at radius 1 is 1.03 bits per heavy atom. The number of rotatable bonds is 10. The van der Waals surface area contributed by atoms with Crippen molar-refractivity contribution < 1.29 is 4.79 Å². The second-order valence-corrected chi connectivity index (χ2v) is 10.2. The fourth-order valence-corrected chi connectivity index (χ4v) is 5.67. The highest BCUT2D eigenvalue weighted by molar-refractivity contribution is 5.98. The lowest BCUT2D eigenvalue weighted by Gasteiger charge is -2.22. The predicted octanol–water partition coefficient (Wildman–Crippen LogP) is 7.61. The average Bonchev–Trinajstić information content (AvgIpc) is 3.01. The Balaban J connectivity index is 1.38. The van der Waals surface area contributed by atoms with E-state index < -0.39 is 0 Å². The van der Waals surface area contributed by atoms with Crippen LogP contribution in [0, 0.1) is 38.5 Å². The minimum absolute atomic E-state index is 0.269. The predicted molar refractivity (Wildman–Crippen MR) is 133 cm³/mol. The van der Waals surface area contributed by atoms with E-state index in [0.29, 0.717) is 6.42 Å². The number of aromatic nitrogens is 2. The molecule has 2 aromatic heterocycles. The van der Waals surface area contributed by atoms with Gasteiger partial charge in [0, 0.05) is 36.3 Å². The van der Waals surface area contributed by atoms with Gasteiger partial charge in [0.1, 0.15) is 0 Å². The van der Waals surface area contributed by atoms with Crippen molar-refractivity contribution in [3.8, 4) is 0 Å². The molecule has 3 rings (SSSR count). The molecule has 0 bridgehead atoms. The highest BCUT2D eigenvalue weighted by Gasteiger charge is 2.23. The van der Waals surface area contributed by atoms with Crippen LogP contribution in [0.4, 0.5) is 0 Å². The molecule has 1 aliphatic carbocycles. The van der Waals surface area contributed by atoms with Crippen molar-refractivity contribution in [1.82, 2.24) is 9.97 Å². The van der Waals surface area contributed by atoms with Crippen LogP contribution in [-0.4, -0.2) is 15.8 Å². The zero-order valence-corrected chi connectivity index (χ0v) is 20.7. The van der Waals surface area contributed by atoms with Crippen molar-refractivity contribution in [2.24, 2.45) is 17.8 Å². The molecule has 0 spiro atoms. The Morgan fingerprint density at radius 2 is 1.84 bits per heavy atom. The summed E-state index contributed by atoms with van der Waals surface area (Å²) in [5.41, 5.74) is 5.57. The second-order valence-electron chi connectivity index (χ2n) is 10.2. The molecule has 0 N–H and O–H groups in total. The second kappa shape index (κ2) is 12.3.